The van der Waals surface area contributed by atoms with Gasteiger partial charge in [0.15, 0.2) is 0 Å². The van der Waals surface area contributed by atoms with Gasteiger partial charge in [0.05, 0.1) is 11.9 Å². The molecule has 0 aliphatic heterocycles. The standard InChI is InChI=1S/C11H19N3O/c1-14-10(8-12-13-14)11(15)9-6-4-2-3-5-7-9/h8-9,11,15H,2-7H2,1H3. The molecule has 1 unspecified atom stereocenters. The normalized spacial score (nSPS) is 21.2. The fourth-order valence-electron chi connectivity index (χ4n) is 2.43. The first-order valence-electron chi connectivity index (χ1n) is 5.81. The average Bonchev–Trinajstić information content (AvgIpc) is 2.53. The van der Waals surface area contributed by atoms with Crippen LogP contribution >= 0.6 is 0 Å². The Bertz CT molecular complexity index is 303. The van der Waals surface area contributed by atoms with Gasteiger partial charge < -0.3 is 5.11 Å². The Morgan fingerprint density at radius 2 is 2.00 bits per heavy atom. The minimum absolute atomic E-state index is 0.386. The van der Waals surface area contributed by atoms with Crippen LogP contribution < -0.4 is 0 Å². The van der Waals surface area contributed by atoms with Crippen LogP contribution in [-0.2, 0) is 7.05 Å². The lowest BCUT2D eigenvalue weighted by Crippen LogP contribution is -2.15. The molecule has 1 aliphatic carbocycles. The van der Waals surface area contributed by atoms with Crippen molar-refractivity contribution in [2.24, 2.45) is 13.0 Å². The molecule has 0 amide bonds. The van der Waals surface area contributed by atoms with Crippen molar-refractivity contribution < 1.29 is 5.11 Å². The highest BCUT2D eigenvalue weighted by Crippen LogP contribution is 2.32. The van der Waals surface area contributed by atoms with Gasteiger partial charge in [-0.1, -0.05) is 30.9 Å². The molecular weight excluding hydrogens is 190 g/mol. The van der Waals surface area contributed by atoms with E-state index in [-0.39, 0.29) is 6.10 Å². The number of nitrogens with zero attached hydrogens (tertiary/aromatic N) is 3. The molecule has 84 valence electrons. The van der Waals surface area contributed by atoms with E-state index < -0.39 is 0 Å². The molecule has 1 saturated carbocycles. The molecule has 1 aromatic rings. The zero-order chi connectivity index (χ0) is 10.7. The third-order valence-corrected chi connectivity index (χ3v) is 3.40. The van der Waals surface area contributed by atoms with Crippen molar-refractivity contribution in [3.8, 4) is 0 Å². The van der Waals surface area contributed by atoms with E-state index in [1.165, 1.54) is 25.7 Å². The van der Waals surface area contributed by atoms with Gasteiger partial charge in [0, 0.05) is 7.05 Å². The maximum absolute atomic E-state index is 10.2. The summed E-state index contributed by atoms with van der Waals surface area (Å²) < 4.78 is 1.68. The third kappa shape index (κ3) is 2.37. The first kappa shape index (κ1) is 10.6. The van der Waals surface area contributed by atoms with Crippen LogP contribution in [0.4, 0.5) is 0 Å². The highest BCUT2D eigenvalue weighted by atomic mass is 16.3. The molecule has 1 aromatic heterocycles. The molecule has 4 heteroatoms. The van der Waals surface area contributed by atoms with Crippen molar-refractivity contribution in [2.45, 2.75) is 44.6 Å². The Morgan fingerprint density at radius 1 is 1.33 bits per heavy atom. The highest BCUT2D eigenvalue weighted by Gasteiger charge is 2.24. The van der Waals surface area contributed by atoms with E-state index in [1.54, 1.807) is 10.9 Å². The van der Waals surface area contributed by atoms with Crippen molar-refractivity contribution in [2.75, 3.05) is 0 Å². The van der Waals surface area contributed by atoms with Crippen LogP contribution in [0.2, 0.25) is 0 Å². The summed E-state index contributed by atoms with van der Waals surface area (Å²) in [6.45, 7) is 0. The Labute approximate surface area is 90.3 Å². The molecule has 4 nitrogen and oxygen atoms in total. The summed E-state index contributed by atoms with van der Waals surface area (Å²) in [5.41, 5.74) is 0.849. The molecule has 0 spiro atoms. The van der Waals surface area contributed by atoms with Gasteiger partial charge in [-0.05, 0) is 18.8 Å². The largest absolute Gasteiger partial charge is 0.386 e. The summed E-state index contributed by atoms with van der Waals surface area (Å²) in [6.07, 6.45) is 8.66. The van der Waals surface area contributed by atoms with Crippen LogP contribution in [0.15, 0.2) is 6.20 Å². The zero-order valence-corrected chi connectivity index (χ0v) is 9.26. The number of aryl methyl sites for hydroxylation is 1. The van der Waals surface area contributed by atoms with Crippen molar-refractivity contribution >= 4 is 0 Å². The van der Waals surface area contributed by atoms with E-state index in [2.05, 4.69) is 10.3 Å². The van der Waals surface area contributed by atoms with Crippen LogP contribution in [0.25, 0.3) is 0 Å². The van der Waals surface area contributed by atoms with Gasteiger partial charge in [0.2, 0.25) is 0 Å². The van der Waals surface area contributed by atoms with Crippen molar-refractivity contribution in [1.29, 1.82) is 0 Å². The van der Waals surface area contributed by atoms with Crippen molar-refractivity contribution in [3.05, 3.63) is 11.9 Å². The topological polar surface area (TPSA) is 50.9 Å². The van der Waals surface area contributed by atoms with Crippen molar-refractivity contribution in [1.82, 2.24) is 15.0 Å². The van der Waals surface area contributed by atoms with Crippen LogP contribution in [0, 0.1) is 5.92 Å². The van der Waals surface area contributed by atoms with Gasteiger partial charge in [-0.25, -0.2) is 4.68 Å². The smallest absolute Gasteiger partial charge is 0.100 e. The monoisotopic (exact) mass is 209 g/mol. The number of hydrogen-bond donors (Lipinski definition) is 1. The van der Waals surface area contributed by atoms with Crippen LogP contribution in [0.3, 0.4) is 0 Å². The number of aliphatic hydroxyl groups is 1. The Morgan fingerprint density at radius 3 is 2.53 bits per heavy atom. The van der Waals surface area contributed by atoms with E-state index in [4.69, 9.17) is 0 Å². The second-order valence-electron chi connectivity index (χ2n) is 4.48. The zero-order valence-electron chi connectivity index (χ0n) is 9.26. The molecule has 1 atom stereocenters. The second-order valence-corrected chi connectivity index (χ2v) is 4.48. The summed E-state index contributed by atoms with van der Waals surface area (Å²) in [4.78, 5) is 0. The lowest BCUT2D eigenvalue weighted by molar-refractivity contribution is 0.0910. The Kier molecular flexibility index (Phi) is 3.36. The SMILES string of the molecule is Cn1nncc1C(O)C1CCCCCC1. The summed E-state index contributed by atoms with van der Waals surface area (Å²) in [5.74, 6) is 0.393. The summed E-state index contributed by atoms with van der Waals surface area (Å²) in [7, 11) is 1.84. The fourth-order valence-corrected chi connectivity index (χ4v) is 2.43. The first-order chi connectivity index (χ1) is 7.29. The minimum atomic E-state index is -0.386. The third-order valence-electron chi connectivity index (χ3n) is 3.40. The molecule has 1 aliphatic rings. The minimum Gasteiger partial charge on any atom is -0.386 e. The van der Waals surface area contributed by atoms with Gasteiger partial charge in [-0.2, -0.15) is 0 Å². The van der Waals surface area contributed by atoms with E-state index in [0.717, 1.165) is 18.5 Å². The molecule has 0 saturated heterocycles. The highest BCUT2D eigenvalue weighted by molar-refractivity contribution is 5.00. The molecule has 15 heavy (non-hydrogen) atoms. The molecule has 1 N–H and O–H groups in total. The molecule has 2 rings (SSSR count). The predicted octanol–water partition coefficient (Wildman–Crippen LogP) is 1.82. The maximum Gasteiger partial charge on any atom is 0.100 e. The van der Waals surface area contributed by atoms with Crippen molar-refractivity contribution in [3.63, 3.8) is 0 Å². The lowest BCUT2D eigenvalue weighted by atomic mass is 9.92. The van der Waals surface area contributed by atoms with E-state index in [0.29, 0.717) is 5.92 Å². The summed E-state index contributed by atoms with van der Waals surface area (Å²) in [6, 6.07) is 0. The molecule has 0 aromatic carbocycles. The molecule has 1 heterocycles. The van der Waals surface area contributed by atoms with E-state index in [1.807, 2.05) is 7.05 Å². The van der Waals surface area contributed by atoms with E-state index >= 15 is 0 Å². The second kappa shape index (κ2) is 4.75. The van der Waals surface area contributed by atoms with Crippen LogP contribution in [0.1, 0.15) is 50.3 Å². The summed E-state index contributed by atoms with van der Waals surface area (Å²) >= 11 is 0. The van der Waals surface area contributed by atoms with Gasteiger partial charge in [-0.3, -0.25) is 0 Å². The molecule has 0 bridgehead atoms. The molecular formula is C11H19N3O. The van der Waals surface area contributed by atoms with Gasteiger partial charge >= 0.3 is 0 Å². The Hall–Kier alpha value is -0.900. The predicted molar refractivity (Wildman–Crippen MR) is 57.2 cm³/mol. The number of aromatic nitrogens is 3. The quantitative estimate of drug-likeness (QED) is 0.756. The van der Waals surface area contributed by atoms with E-state index in [9.17, 15) is 5.11 Å². The van der Waals surface area contributed by atoms with Gasteiger partial charge in [-0.15, -0.1) is 5.10 Å². The average molecular weight is 209 g/mol. The molecule has 0 radical (unpaired) electrons. The number of aliphatic hydroxyl groups excluding tert-OH is 1. The molecule has 1 fully saturated rings. The first-order valence-corrected chi connectivity index (χ1v) is 5.81. The number of hydrogen-bond acceptors (Lipinski definition) is 3. The fraction of sp³-hybridized carbons (Fsp3) is 0.818. The number of rotatable bonds is 2. The van der Waals surface area contributed by atoms with Crippen LogP contribution in [0.5, 0.6) is 0 Å². The van der Waals surface area contributed by atoms with Gasteiger partial charge in [0.25, 0.3) is 0 Å². The summed E-state index contributed by atoms with van der Waals surface area (Å²) in [5, 5.41) is 17.9. The Balaban J connectivity index is 2.06. The van der Waals surface area contributed by atoms with Crippen LogP contribution in [-0.4, -0.2) is 20.1 Å². The lowest BCUT2D eigenvalue weighted by Gasteiger charge is -2.20. The van der Waals surface area contributed by atoms with Gasteiger partial charge in [0.1, 0.15) is 6.10 Å². The maximum atomic E-state index is 10.2.